The molecule has 4 rings (SSSR count). The molecule has 0 spiro atoms. The van der Waals surface area contributed by atoms with E-state index >= 15 is 0 Å². The Bertz CT molecular complexity index is 1320. The van der Waals surface area contributed by atoms with Gasteiger partial charge in [-0.1, -0.05) is 48.5 Å². The summed E-state index contributed by atoms with van der Waals surface area (Å²) in [7, 11) is -5.84. The molecule has 0 radical (unpaired) electrons. The summed E-state index contributed by atoms with van der Waals surface area (Å²) in [5.74, 6) is -1.19. The van der Waals surface area contributed by atoms with Gasteiger partial charge in [-0.2, -0.15) is 21.6 Å². The smallest absolute Gasteiger partial charge is 0.548 e. The molecule has 2 aromatic rings. The summed E-state index contributed by atoms with van der Waals surface area (Å²) >= 11 is 0. The Labute approximate surface area is 250 Å². The van der Waals surface area contributed by atoms with Crippen LogP contribution in [0.25, 0.3) is 0 Å². The number of hydrogen-bond acceptors (Lipinski definition) is 8. The Morgan fingerprint density at radius 1 is 0.927 bits per heavy atom. The Hall–Kier alpha value is -2.40. The van der Waals surface area contributed by atoms with Gasteiger partial charge in [-0.25, -0.2) is 0 Å². The largest absolute Gasteiger partial charge is 1.00 e. The number of fused-ring (bicyclic) bond motifs is 2. The molecule has 2 atom stereocenters. The monoisotopic (exact) mass is 594 g/mol. The zero-order valence-electron chi connectivity index (χ0n) is 23.8. The molecule has 2 unspecified atom stereocenters. The Kier molecular flexibility index (Phi) is 12.7. The molecule has 222 valence electrons. The molecule has 9 nitrogen and oxygen atoms in total. The summed E-state index contributed by atoms with van der Waals surface area (Å²) in [5, 5.41) is 17.3. The third-order valence-corrected chi connectivity index (χ3v) is 7.03. The molecule has 0 aliphatic carbocycles. The number of rotatable bonds is 3. The maximum atomic E-state index is 11.8. The number of esters is 1. The quantitative estimate of drug-likeness (QED) is 0.187. The number of halogens is 3. The van der Waals surface area contributed by atoms with E-state index in [2.05, 4.69) is 36.6 Å². The van der Waals surface area contributed by atoms with E-state index in [-0.39, 0.29) is 41.9 Å². The third kappa shape index (κ3) is 9.84. The number of nitrogens with one attached hydrogen (secondary N) is 2. The van der Waals surface area contributed by atoms with Crippen LogP contribution in [0.3, 0.4) is 0 Å². The van der Waals surface area contributed by atoms with Crippen molar-refractivity contribution < 1.29 is 64.4 Å². The van der Waals surface area contributed by atoms with Crippen molar-refractivity contribution in [1.82, 2.24) is 10.6 Å². The van der Waals surface area contributed by atoms with Crippen molar-refractivity contribution in [1.29, 1.82) is 0 Å². The minimum Gasteiger partial charge on any atom is -0.548 e. The maximum absolute atomic E-state index is 11.8. The van der Waals surface area contributed by atoms with E-state index < -0.39 is 27.6 Å². The second-order valence-electron chi connectivity index (χ2n) is 10.4. The van der Waals surface area contributed by atoms with Crippen LogP contribution < -0.4 is 34.6 Å². The van der Waals surface area contributed by atoms with Crippen LogP contribution >= 0.6 is 0 Å². The van der Waals surface area contributed by atoms with Crippen molar-refractivity contribution >= 4 is 22.1 Å². The molecule has 3 N–H and O–H groups in total. The Morgan fingerprint density at radius 2 is 1.29 bits per heavy atom. The zero-order valence-corrected chi connectivity index (χ0v) is 24.7. The van der Waals surface area contributed by atoms with Gasteiger partial charge >= 0.3 is 40.5 Å². The van der Waals surface area contributed by atoms with E-state index in [9.17, 15) is 27.9 Å². The fourth-order valence-electron chi connectivity index (χ4n) is 4.71. The molecule has 14 heteroatoms. The Balaban J connectivity index is 0.000000323. The van der Waals surface area contributed by atoms with E-state index in [1.807, 2.05) is 57.2 Å². The van der Waals surface area contributed by atoms with Gasteiger partial charge in [0.05, 0.1) is 18.6 Å². The average Bonchev–Trinajstić information content (AvgIpc) is 2.83. The minimum absolute atomic E-state index is 0. The predicted octanol–water partition coefficient (Wildman–Crippen LogP) is -0.417. The van der Waals surface area contributed by atoms with Gasteiger partial charge in [0.1, 0.15) is 6.04 Å². The second-order valence-corrected chi connectivity index (χ2v) is 11.8. The molecule has 2 aliphatic rings. The third-order valence-electron chi connectivity index (χ3n) is 6.45. The van der Waals surface area contributed by atoms with Gasteiger partial charge in [0.2, 0.25) is 0 Å². The fraction of sp³-hybridized carbons (Fsp3) is 0.481. The van der Waals surface area contributed by atoms with Crippen LogP contribution in [0.4, 0.5) is 13.2 Å². The summed E-state index contributed by atoms with van der Waals surface area (Å²) in [5.41, 5.74) is -1.27. The first kappa shape index (κ1) is 36.6. The average molecular weight is 595 g/mol. The number of hydrogen-bond donors (Lipinski definition) is 3. The molecule has 2 aromatic carbocycles. The second kappa shape index (κ2) is 14.2. The summed E-state index contributed by atoms with van der Waals surface area (Å²) in [6, 6.07) is 15.4. The van der Waals surface area contributed by atoms with Crippen LogP contribution in [0.15, 0.2) is 48.5 Å². The van der Waals surface area contributed by atoms with Crippen molar-refractivity contribution in [3.05, 3.63) is 70.8 Å². The van der Waals surface area contributed by atoms with Crippen LogP contribution in [0.2, 0.25) is 0 Å². The topological polar surface area (TPSA) is 145 Å². The van der Waals surface area contributed by atoms with Gasteiger partial charge in [-0.05, 0) is 69.7 Å². The van der Waals surface area contributed by atoms with Gasteiger partial charge in [-0.15, -0.1) is 0 Å². The summed E-state index contributed by atoms with van der Waals surface area (Å²) in [4.78, 5) is 22.7. The minimum atomic E-state index is -5.84. The van der Waals surface area contributed by atoms with E-state index in [0.717, 1.165) is 5.56 Å². The SMILES string of the molecule is CC1(C)NC(C(=O)[O-])Cc2ccccc21.CCOC(=O)C1Cc2ccccc2C(C)(C)N1.O=S(=O)(O)C(F)(F)F.[Li+]. The van der Waals surface area contributed by atoms with E-state index in [1.54, 1.807) is 0 Å². The summed E-state index contributed by atoms with van der Waals surface area (Å²) < 4.78 is 62.6. The number of alkyl halides is 3. The van der Waals surface area contributed by atoms with Crippen molar-refractivity contribution in [3.63, 3.8) is 0 Å². The zero-order chi connectivity index (χ0) is 30.5. The number of carbonyl (C=O) groups is 2. The molecule has 41 heavy (non-hydrogen) atoms. The number of aliphatic carboxylic acids is 1. The maximum Gasteiger partial charge on any atom is 1.00 e. The van der Waals surface area contributed by atoms with Crippen molar-refractivity contribution in [2.45, 2.75) is 76.1 Å². The van der Waals surface area contributed by atoms with Gasteiger partial charge in [0.15, 0.2) is 0 Å². The molecule has 0 saturated carbocycles. The normalized spacial score (nSPS) is 20.2. The molecule has 0 aromatic heterocycles. The molecule has 2 heterocycles. The van der Waals surface area contributed by atoms with E-state index in [1.165, 1.54) is 16.7 Å². The number of benzene rings is 2. The van der Waals surface area contributed by atoms with Crippen molar-refractivity contribution in [3.8, 4) is 0 Å². The molecular formula is C27H34F3LiN2O7S. The molecule has 0 saturated heterocycles. The first-order valence-corrected chi connectivity index (χ1v) is 13.9. The Morgan fingerprint density at radius 3 is 1.66 bits per heavy atom. The van der Waals surface area contributed by atoms with Crippen LogP contribution in [0.5, 0.6) is 0 Å². The number of carboxylic acid groups (broad SMARTS) is 1. The fourth-order valence-corrected chi connectivity index (χ4v) is 4.71. The van der Waals surface area contributed by atoms with Crippen LogP contribution in [0.1, 0.15) is 56.9 Å². The van der Waals surface area contributed by atoms with Gasteiger partial charge in [0, 0.05) is 11.1 Å². The number of carbonyl (C=O) groups excluding carboxylic acids is 2. The molecule has 2 aliphatic heterocycles. The molecular weight excluding hydrogens is 560 g/mol. The van der Waals surface area contributed by atoms with Crippen molar-refractivity contribution in [2.24, 2.45) is 0 Å². The van der Waals surface area contributed by atoms with Crippen LogP contribution in [0, 0.1) is 0 Å². The number of carboxylic acids is 1. The van der Waals surface area contributed by atoms with Gasteiger partial charge < -0.3 is 14.6 Å². The number of ether oxygens (including phenoxy) is 1. The van der Waals surface area contributed by atoms with E-state index in [4.69, 9.17) is 17.7 Å². The van der Waals surface area contributed by atoms with Crippen LogP contribution in [-0.4, -0.2) is 49.1 Å². The molecule has 0 bridgehead atoms. The van der Waals surface area contributed by atoms with Gasteiger partial charge in [-0.3, -0.25) is 20.0 Å². The first-order chi connectivity index (χ1) is 18.3. The van der Waals surface area contributed by atoms with Crippen LogP contribution in [-0.2, 0) is 48.4 Å². The van der Waals surface area contributed by atoms with Gasteiger partial charge in [0.25, 0.3) is 0 Å². The molecule has 0 fully saturated rings. The standard InChI is InChI=1S/C14H19NO2.C12H15NO2.CHF3O3S.Li/c1-4-17-13(16)12-9-10-7-5-6-8-11(10)14(2,3)15-12;1-12(2)9-6-4-3-5-8(9)7-10(13-12)11(14)15;2-1(3,4)8(5,6)7;/h5-8,12,15H,4,9H2,1-3H3;3-6,10,13H,7H2,1-2H3,(H,14,15);(H,5,6,7);/q;;;+1/p-1. The summed E-state index contributed by atoms with van der Waals surface area (Å²) in [6.45, 7) is 10.4. The van der Waals surface area contributed by atoms with Crippen molar-refractivity contribution in [2.75, 3.05) is 6.61 Å². The molecule has 0 amide bonds. The first-order valence-electron chi connectivity index (χ1n) is 12.4. The predicted molar refractivity (Wildman–Crippen MR) is 139 cm³/mol. The van der Waals surface area contributed by atoms with E-state index in [0.29, 0.717) is 19.4 Å². The summed E-state index contributed by atoms with van der Waals surface area (Å²) in [6.07, 6.45) is 1.21.